The van der Waals surface area contributed by atoms with Crippen LogP contribution < -0.4 is 0 Å². The Bertz CT molecular complexity index is 537. The zero-order valence-electron chi connectivity index (χ0n) is 9.38. The van der Waals surface area contributed by atoms with Crippen LogP contribution in [0.2, 0.25) is 5.02 Å². The molecule has 1 aromatic heterocycles. The Labute approximate surface area is 107 Å². The van der Waals surface area contributed by atoms with Crippen LogP contribution in [0.3, 0.4) is 0 Å². The molecule has 1 amide bonds. The zero-order valence-corrected chi connectivity index (χ0v) is 10.1. The van der Waals surface area contributed by atoms with Gasteiger partial charge in [0, 0.05) is 11.9 Å². The van der Waals surface area contributed by atoms with Crippen molar-refractivity contribution in [3.63, 3.8) is 0 Å². The van der Waals surface area contributed by atoms with Crippen molar-refractivity contribution in [2.24, 2.45) is 0 Å². The summed E-state index contributed by atoms with van der Waals surface area (Å²) < 4.78 is 25.4. The fourth-order valence-corrected chi connectivity index (χ4v) is 2.06. The fourth-order valence-electron chi connectivity index (χ4n) is 1.75. The van der Waals surface area contributed by atoms with E-state index in [-0.39, 0.29) is 22.1 Å². The standard InChI is InChI=1S/C11H8ClF2N3O/c1-6-9(7(12)3-8(15-2)16-6)10(18)17-4-11(13,14)5-17/h3H,4-5H2,1H3. The highest BCUT2D eigenvalue weighted by Gasteiger charge is 2.47. The summed E-state index contributed by atoms with van der Waals surface area (Å²) in [6.07, 6.45) is 0. The molecule has 18 heavy (non-hydrogen) atoms. The monoisotopic (exact) mass is 271 g/mol. The third-order valence-corrected chi connectivity index (χ3v) is 2.90. The second kappa shape index (κ2) is 4.18. The SMILES string of the molecule is [C-]#[N+]c1cc(Cl)c(C(=O)N2CC(F)(F)C2)c(C)n1. The first-order valence-electron chi connectivity index (χ1n) is 5.06. The summed E-state index contributed by atoms with van der Waals surface area (Å²) in [6, 6.07) is 1.26. The first kappa shape index (κ1) is 12.7. The Kier molecular flexibility index (Phi) is 2.95. The minimum absolute atomic E-state index is 0.0636. The Morgan fingerprint density at radius 2 is 2.22 bits per heavy atom. The highest BCUT2D eigenvalue weighted by Crippen LogP contribution is 2.31. The van der Waals surface area contributed by atoms with Crippen molar-refractivity contribution in [1.29, 1.82) is 0 Å². The third-order valence-electron chi connectivity index (χ3n) is 2.60. The molecule has 0 aliphatic carbocycles. The number of likely N-dealkylation sites (tertiary alicyclic amines) is 1. The number of halogens is 3. The van der Waals surface area contributed by atoms with Gasteiger partial charge in [-0.1, -0.05) is 18.2 Å². The Hall–Kier alpha value is -1.74. The summed E-state index contributed by atoms with van der Waals surface area (Å²) in [5.41, 5.74) is 0.355. The lowest BCUT2D eigenvalue weighted by Crippen LogP contribution is -2.58. The minimum Gasteiger partial charge on any atom is -0.361 e. The van der Waals surface area contributed by atoms with E-state index in [1.165, 1.54) is 13.0 Å². The molecule has 1 aliphatic rings. The smallest absolute Gasteiger partial charge is 0.282 e. The summed E-state index contributed by atoms with van der Waals surface area (Å²) in [5, 5.41) is 0.0636. The topological polar surface area (TPSA) is 37.6 Å². The van der Waals surface area contributed by atoms with Crippen molar-refractivity contribution in [3.8, 4) is 0 Å². The van der Waals surface area contributed by atoms with Gasteiger partial charge in [0.25, 0.3) is 17.6 Å². The molecular formula is C11H8ClF2N3O. The summed E-state index contributed by atoms with van der Waals surface area (Å²) in [5.74, 6) is -3.32. The number of pyridine rings is 1. The van der Waals surface area contributed by atoms with Crippen LogP contribution in [0.5, 0.6) is 0 Å². The average Bonchev–Trinajstić information content (AvgIpc) is 2.24. The predicted octanol–water partition coefficient (Wildman–Crippen LogP) is 2.69. The maximum Gasteiger partial charge on any atom is 0.282 e. The number of amides is 1. The van der Waals surface area contributed by atoms with Gasteiger partial charge >= 0.3 is 0 Å². The van der Waals surface area contributed by atoms with E-state index in [9.17, 15) is 13.6 Å². The molecule has 4 nitrogen and oxygen atoms in total. The molecule has 94 valence electrons. The first-order chi connectivity index (χ1) is 8.34. The highest BCUT2D eigenvalue weighted by molar-refractivity contribution is 6.34. The van der Waals surface area contributed by atoms with Crippen LogP contribution >= 0.6 is 11.6 Å². The number of carbonyl (C=O) groups excluding carboxylic acids is 1. The molecule has 0 radical (unpaired) electrons. The Morgan fingerprint density at radius 3 is 2.67 bits per heavy atom. The van der Waals surface area contributed by atoms with Crippen molar-refractivity contribution in [1.82, 2.24) is 9.88 Å². The molecule has 0 N–H and O–H groups in total. The molecule has 1 aliphatic heterocycles. The van der Waals surface area contributed by atoms with Crippen LogP contribution in [0.4, 0.5) is 14.6 Å². The van der Waals surface area contributed by atoms with Crippen LogP contribution in [-0.2, 0) is 0 Å². The minimum atomic E-state index is -2.82. The van der Waals surface area contributed by atoms with Crippen molar-refractivity contribution in [2.75, 3.05) is 13.1 Å². The van der Waals surface area contributed by atoms with E-state index in [1.54, 1.807) is 0 Å². The maximum absolute atomic E-state index is 12.7. The lowest BCUT2D eigenvalue weighted by atomic mass is 10.1. The summed E-state index contributed by atoms with van der Waals surface area (Å²) in [7, 11) is 0. The molecule has 0 unspecified atom stereocenters. The molecule has 0 aromatic carbocycles. The van der Waals surface area contributed by atoms with Gasteiger partial charge in [-0.25, -0.2) is 8.78 Å². The number of rotatable bonds is 1. The average molecular weight is 272 g/mol. The Balaban J connectivity index is 2.30. The predicted molar refractivity (Wildman–Crippen MR) is 61.1 cm³/mol. The number of nitrogens with zero attached hydrogens (tertiary/aromatic N) is 3. The summed E-state index contributed by atoms with van der Waals surface area (Å²) >= 11 is 5.89. The summed E-state index contributed by atoms with van der Waals surface area (Å²) in [4.78, 5) is 19.9. The lowest BCUT2D eigenvalue weighted by molar-refractivity contribution is -0.113. The number of aryl methyl sites for hydroxylation is 1. The van der Waals surface area contributed by atoms with Crippen molar-refractivity contribution < 1.29 is 13.6 Å². The number of aromatic nitrogens is 1. The second-order valence-corrected chi connectivity index (χ2v) is 4.46. The van der Waals surface area contributed by atoms with Crippen LogP contribution in [-0.4, -0.2) is 34.8 Å². The van der Waals surface area contributed by atoms with E-state index >= 15 is 0 Å². The Morgan fingerprint density at radius 1 is 1.61 bits per heavy atom. The molecule has 1 saturated heterocycles. The van der Waals surface area contributed by atoms with Crippen molar-refractivity contribution in [2.45, 2.75) is 12.8 Å². The number of carbonyl (C=O) groups is 1. The summed E-state index contributed by atoms with van der Waals surface area (Å²) in [6.45, 7) is 7.12. The number of alkyl halides is 2. The van der Waals surface area contributed by atoms with Gasteiger partial charge in [0.15, 0.2) is 0 Å². The van der Waals surface area contributed by atoms with Crippen LogP contribution in [0.1, 0.15) is 16.1 Å². The molecular weight excluding hydrogens is 264 g/mol. The highest BCUT2D eigenvalue weighted by atomic mass is 35.5. The van der Waals surface area contributed by atoms with E-state index in [4.69, 9.17) is 18.2 Å². The van der Waals surface area contributed by atoms with E-state index in [1.807, 2.05) is 0 Å². The number of hydrogen-bond donors (Lipinski definition) is 0. The van der Waals surface area contributed by atoms with Gasteiger partial charge in [0.05, 0.1) is 13.1 Å². The molecule has 1 aromatic rings. The van der Waals surface area contributed by atoms with Gasteiger partial charge < -0.3 is 9.74 Å². The second-order valence-electron chi connectivity index (χ2n) is 4.05. The van der Waals surface area contributed by atoms with Gasteiger partial charge in [-0.3, -0.25) is 4.79 Å². The molecule has 2 heterocycles. The van der Waals surface area contributed by atoms with E-state index in [0.717, 1.165) is 4.90 Å². The van der Waals surface area contributed by atoms with E-state index in [2.05, 4.69) is 9.83 Å². The van der Waals surface area contributed by atoms with Gasteiger partial charge in [-0.05, 0) is 6.07 Å². The van der Waals surface area contributed by atoms with E-state index in [0.29, 0.717) is 0 Å². The number of hydrogen-bond acceptors (Lipinski definition) is 2. The van der Waals surface area contributed by atoms with Crippen LogP contribution in [0.25, 0.3) is 4.85 Å². The normalized spacial score (nSPS) is 16.9. The molecule has 1 fully saturated rings. The van der Waals surface area contributed by atoms with Gasteiger partial charge in [0.2, 0.25) is 0 Å². The quantitative estimate of drug-likeness (QED) is 0.737. The molecule has 7 heteroatoms. The molecule has 0 spiro atoms. The molecule has 2 rings (SSSR count). The van der Waals surface area contributed by atoms with E-state index < -0.39 is 24.9 Å². The zero-order chi connectivity index (χ0) is 13.5. The molecule has 0 atom stereocenters. The third kappa shape index (κ3) is 2.14. The van der Waals surface area contributed by atoms with Gasteiger partial charge in [-0.2, -0.15) is 0 Å². The fraction of sp³-hybridized carbons (Fsp3) is 0.364. The maximum atomic E-state index is 12.7. The molecule has 0 bridgehead atoms. The largest absolute Gasteiger partial charge is 0.361 e. The lowest BCUT2D eigenvalue weighted by Gasteiger charge is -2.38. The van der Waals surface area contributed by atoms with Gasteiger partial charge in [0.1, 0.15) is 11.3 Å². The van der Waals surface area contributed by atoms with Crippen molar-refractivity contribution in [3.05, 3.63) is 33.8 Å². The first-order valence-corrected chi connectivity index (χ1v) is 5.43. The van der Waals surface area contributed by atoms with Gasteiger partial charge in [-0.15, -0.1) is 4.98 Å². The van der Waals surface area contributed by atoms with Crippen LogP contribution in [0.15, 0.2) is 6.07 Å². The molecule has 0 saturated carbocycles. The van der Waals surface area contributed by atoms with Crippen molar-refractivity contribution >= 4 is 23.3 Å². The van der Waals surface area contributed by atoms with Crippen LogP contribution in [0, 0.1) is 13.5 Å².